The van der Waals surface area contributed by atoms with Crippen molar-refractivity contribution in [2.45, 2.75) is 64.0 Å². The van der Waals surface area contributed by atoms with E-state index in [9.17, 15) is 14.4 Å². The number of fused-ring (bicyclic) bond motifs is 2. The van der Waals surface area contributed by atoms with Gasteiger partial charge in [0, 0.05) is 67.7 Å². The van der Waals surface area contributed by atoms with Crippen molar-refractivity contribution in [3.05, 3.63) is 93.5 Å². The molecule has 3 aliphatic heterocycles. The van der Waals surface area contributed by atoms with E-state index in [1.807, 2.05) is 80.3 Å². The summed E-state index contributed by atoms with van der Waals surface area (Å²) in [6.45, 7) is 7.21. The van der Waals surface area contributed by atoms with Crippen LogP contribution in [0.15, 0.2) is 66.7 Å². The molecule has 45 heavy (non-hydrogen) atoms. The van der Waals surface area contributed by atoms with Crippen LogP contribution in [0.5, 0.6) is 5.75 Å². The second kappa shape index (κ2) is 15.0. The van der Waals surface area contributed by atoms with Gasteiger partial charge in [-0.15, -0.1) is 0 Å². The number of aryl methyl sites for hydroxylation is 1. The van der Waals surface area contributed by atoms with Crippen LogP contribution in [0, 0.1) is 6.92 Å². The van der Waals surface area contributed by atoms with Crippen molar-refractivity contribution in [1.29, 1.82) is 0 Å². The third-order valence-corrected chi connectivity index (χ3v) is 8.75. The summed E-state index contributed by atoms with van der Waals surface area (Å²) in [6.07, 6.45) is 1.99. The number of hydrogen-bond acceptors (Lipinski definition) is 4. The third kappa shape index (κ3) is 7.56. The number of anilines is 1. The molecule has 6 rings (SSSR count). The van der Waals surface area contributed by atoms with Crippen LogP contribution in [-0.4, -0.2) is 60.9 Å². The molecule has 0 aliphatic carbocycles. The summed E-state index contributed by atoms with van der Waals surface area (Å²) in [6, 6.07) is 20.2. The molecule has 2 fully saturated rings. The number of urea groups is 1. The lowest BCUT2D eigenvalue weighted by Gasteiger charge is -2.41. The van der Waals surface area contributed by atoms with Crippen LogP contribution in [0.2, 0.25) is 10.0 Å². The Labute approximate surface area is 276 Å². The zero-order valence-electron chi connectivity index (χ0n) is 26.5. The Bertz CT molecular complexity index is 1510. The van der Waals surface area contributed by atoms with Crippen LogP contribution in [0.4, 0.5) is 10.5 Å². The van der Waals surface area contributed by atoms with E-state index in [1.54, 1.807) is 31.1 Å². The largest absolute Gasteiger partial charge is 0.490 e. The van der Waals surface area contributed by atoms with Gasteiger partial charge in [-0.2, -0.15) is 0 Å². The smallest absolute Gasteiger partial charge is 0.319 e. The lowest BCUT2D eigenvalue weighted by atomic mass is 9.67. The van der Waals surface area contributed by atoms with E-state index in [0.717, 1.165) is 21.7 Å². The average Bonchev–Trinajstić information content (AvgIpc) is 3.31. The highest BCUT2D eigenvalue weighted by molar-refractivity contribution is 6.31. The topological polar surface area (TPSA) is 91.0 Å². The molecular formula is C35H42Cl2N4O4. The molecule has 10 heteroatoms. The summed E-state index contributed by atoms with van der Waals surface area (Å²) in [4.78, 5) is 41.9. The van der Waals surface area contributed by atoms with E-state index in [-0.39, 0.29) is 30.4 Å². The summed E-state index contributed by atoms with van der Waals surface area (Å²) in [5, 5.41) is 7.45. The van der Waals surface area contributed by atoms with Crippen LogP contribution in [0.1, 0.15) is 62.3 Å². The SMILES string of the molecule is CC.Cc1ccc(OC2CCN(C(=O)N(C)C)CC2)c([C@H]2NC(=O)CC[C@]23C(=O)Nc2cc(Cl)ccc23)c1.Clc1ccccc1. The van der Waals surface area contributed by atoms with E-state index >= 15 is 0 Å². The second-order valence-corrected chi connectivity index (χ2v) is 12.3. The number of hydrogen-bond donors (Lipinski definition) is 2. The zero-order valence-corrected chi connectivity index (χ0v) is 28.0. The van der Waals surface area contributed by atoms with Gasteiger partial charge in [-0.25, -0.2) is 4.79 Å². The van der Waals surface area contributed by atoms with Crippen molar-refractivity contribution in [3.63, 3.8) is 0 Å². The maximum Gasteiger partial charge on any atom is 0.319 e. The Hall–Kier alpha value is -3.75. The van der Waals surface area contributed by atoms with Gasteiger partial charge in [0.15, 0.2) is 0 Å². The maximum atomic E-state index is 13.6. The number of carbonyl (C=O) groups excluding carboxylic acids is 3. The predicted molar refractivity (Wildman–Crippen MR) is 180 cm³/mol. The molecule has 2 N–H and O–H groups in total. The molecular weight excluding hydrogens is 611 g/mol. The first-order valence-electron chi connectivity index (χ1n) is 15.4. The van der Waals surface area contributed by atoms with Crippen molar-refractivity contribution in [3.8, 4) is 5.75 Å². The second-order valence-electron chi connectivity index (χ2n) is 11.4. The first-order valence-corrected chi connectivity index (χ1v) is 16.2. The minimum atomic E-state index is -0.957. The molecule has 3 aromatic rings. The summed E-state index contributed by atoms with van der Waals surface area (Å²) in [5.74, 6) is 0.413. The van der Waals surface area contributed by atoms with Gasteiger partial charge in [-0.05, 0) is 49.2 Å². The van der Waals surface area contributed by atoms with Crippen LogP contribution in [0.25, 0.3) is 0 Å². The number of nitrogens with one attached hydrogen (secondary N) is 2. The Morgan fingerprint density at radius 1 is 0.956 bits per heavy atom. The van der Waals surface area contributed by atoms with Crippen LogP contribution < -0.4 is 15.4 Å². The molecule has 8 nitrogen and oxygen atoms in total. The van der Waals surface area contributed by atoms with Crippen molar-refractivity contribution in [2.24, 2.45) is 0 Å². The molecule has 240 valence electrons. The Morgan fingerprint density at radius 2 is 1.64 bits per heavy atom. The molecule has 0 radical (unpaired) electrons. The van der Waals surface area contributed by atoms with E-state index < -0.39 is 11.5 Å². The van der Waals surface area contributed by atoms with Gasteiger partial charge >= 0.3 is 6.03 Å². The number of rotatable bonds is 3. The highest BCUT2D eigenvalue weighted by atomic mass is 35.5. The van der Waals surface area contributed by atoms with Gasteiger partial charge < -0.3 is 25.2 Å². The number of carbonyl (C=O) groups is 3. The van der Waals surface area contributed by atoms with Crippen LogP contribution in [-0.2, 0) is 15.0 Å². The first-order chi connectivity index (χ1) is 21.6. The fourth-order valence-electron chi connectivity index (χ4n) is 6.10. The minimum Gasteiger partial charge on any atom is -0.490 e. The number of ether oxygens (including phenoxy) is 1. The molecule has 0 aromatic heterocycles. The monoisotopic (exact) mass is 652 g/mol. The normalized spacial score (nSPS) is 20.5. The standard InChI is InChI=1S/C27H31ClN4O4.C6H5Cl.C2H6/c1-16-4-7-22(36-18-9-12-32(13-10-18)26(35)31(2)3)19(14-16)24-27(11-8-23(33)30-24)20-6-5-17(28)15-21(20)29-25(27)34;7-6-4-2-1-3-5-6;1-2/h4-7,14-15,18,24H,8-13H2,1-3H3,(H,29,34)(H,30,33);1-5H;1-2H3/t24-,27-;;/m1../s1. The molecule has 3 heterocycles. The number of amides is 4. The summed E-state index contributed by atoms with van der Waals surface area (Å²) in [5.41, 5.74) is 2.36. The highest BCUT2D eigenvalue weighted by Crippen LogP contribution is 2.52. The van der Waals surface area contributed by atoms with E-state index in [2.05, 4.69) is 10.6 Å². The molecule has 4 amide bonds. The summed E-state index contributed by atoms with van der Waals surface area (Å²) < 4.78 is 6.51. The molecule has 3 aliphatic rings. The molecule has 2 atom stereocenters. The average molecular weight is 654 g/mol. The van der Waals surface area contributed by atoms with Gasteiger partial charge in [0.2, 0.25) is 11.8 Å². The fourth-order valence-corrected chi connectivity index (χ4v) is 6.41. The third-order valence-electron chi connectivity index (χ3n) is 8.26. The van der Waals surface area contributed by atoms with E-state index in [1.165, 1.54) is 0 Å². The van der Waals surface area contributed by atoms with Crippen molar-refractivity contribution in [1.82, 2.24) is 15.1 Å². The quantitative estimate of drug-likeness (QED) is 0.309. The predicted octanol–water partition coefficient (Wildman–Crippen LogP) is 7.38. The van der Waals surface area contributed by atoms with Gasteiger partial charge in [0.25, 0.3) is 0 Å². The maximum absolute atomic E-state index is 13.6. The van der Waals surface area contributed by atoms with Gasteiger partial charge in [-0.1, -0.05) is 79.0 Å². The van der Waals surface area contributed by atoms with Crippen molar-refractivity contribution < 1.29 is 19.1 Å². The lowest BCUT2D eigenvalue weighted by Crippen LogP contribution is -2.52. The van der Waals surface area contributed by atoms with Crippen molar-refractivity contribution in [2.75, 3.05) is 32.5 Å². The Balaban J connectivity index is 0.000000447. The molecule has 2 saturated heterocycles. The van der Waals surface area contributed by atoms with Crippen molar-refractivity contribution >= 4 is 46.7 Å². The number of piperidine rings is 2. The number of nitrogens with zero attached hydrogens (tertiary/aromatic N) is 2. The minimum absolute atomic E-state index is 0.00218. The lowest BCUT2D eigenvalue weighted by molar-refractivity contribution is -0.130. The van der Waals surface area contributed by atoms with E-state index in [0.29, 0.717) is 48.8 Å². The molecule has 0 saturated carbocycles. The summed E-state index contributed by atoms with van der Waals surface area (Å²) in [7, 11) is 3.51. The van der Waals surface area contributed by atoms with Gasteiger partial charge in [-0.3, -0.25) is 9.59 Å². The number of likely N-dealkylation sites (tertiary alicyclic amines) is 1. The van der Waals surface area contributed by atoms with E-state index in [4.69, 9.17) is 27.9 Å². The Morgan fingerprint density at radius 3 is 2.27 bits per heavy atom. The fraction of sp³-hybridized carbons (Fsp3) is 0.400. The molecule has 0 unspecified atom stereocenters. The first kappa shape index (κ1) is 34.1. The Kier molecular flexibility index (Phi) is 11.4. The van der Waals surface area contributed by atoms with Crippen LogP contribution >= 0.6 is 23.2 Å². The van der Waals surface area contributed by atoms with Crippen LogP contribution in [0.3, 0.4) is 0 Å². The molecule has 3 aromatic carbocycles. The molecule has 1 spiro atoms. The highest BCUT2D eigenvalue weighted by Gasteiger charge is 2.56. The number of benzene rings is 3. The van der Waals surface area contributed by atoms with Gasteiger partial charge in [0.05, 0.1) is 6.04 Å². The zero-order chi connectivity index (χ0) is 32.7. The summed E-state index contributed by atoms with van der Waals surface area (Å²) >= 11 is 11.7. The number of halogens is 2. The van der Waals surface area contributed by atoms with Gasteiger partial charge in [0.1, 0.15) is 17.3 Å². The molecule has 0 bridgehead atoms.